The van der Waals surface area contributed by atoms with E-state index in [-0.39, 0.29) is 22.3 Å². The molecule has 0 bridgehead atoms. The predicted molar refractivity (Wildman–Crippen MR) is 104 cm³/mol. The van der Waals surface area contributed by atoms with Crippen molar-refractivity contribution in [2.75, 3.05) is 29.9 Å². The first-order valence-corrected chi connectivity index (χ1v) is 12.5. The molecule has 9 heteroatoms. The van der Waals surface area contributed by atoms with Crippen molar-refractivity contribution < 1.29 is 21.6 Å². The van der Waals surface area contributed by atoms with Gasteiger partial charge in [0.1, 0.15) is 0 Å². The van der Waals surface area contributed by atoms with Gasteiger partial charge in [0.2, 0.25) is 5.91 Å². The van der Waals surface area contributed by atoms with E-state index in [1.165, 1.54) is 31.2 Å². The van der Waals surface area contributed by atoms with Crippen molar-refractivity contribution in [1.82, 2.24) is 4.90 Å². The summed E-state index contributed by atoms with van der Waals surface area (Å²) in [5, 5.41) is 1.64. The van der Waals surface area contributed by atoms with Gasteiger partial charge in [0.25, 0.3) is 0 Å². The minimum Gasteiger partial charge on any atom is -0.326 e. The maximum Gasteiger partial charge on any atom is 0.221 e. The first-order chi connectivity index (χ1) is 12.6. The lowest BCUT2D eigenvalue weighted by atomic mass is 9.98. The van der Waals surface area contributed by atoms with Crippen molar-refractivity contribution in [2.24, 2.45) is 5.92 Å². The fraction of sp³-hybridized carbons (Fsp3) is 0.611. The second kappa shape index (κ2) is 7.52. The molecular formula is C18H26N2O5S2. The van der Waals surface area contributed by atoms with Crippen molar-refractivity contribution in [2.45, 2.75) is 42.9 Å². The van der Waals surface area contributed by atoms with Crippen LogP contribution in [0.4, 0.5) is 5.69 Å². The summed E-state index contributed by atoms with van der Waals surface area (Å²) in [4.78, 5) is 13.2. The highest BCUT2D eigenvalue weighted by atomic mass is 32.2. The van der Waals surface area contributed by atoms with Crippen LogP contribution in [0.25, 0.3) is 0 Å². The predicted octanol–water partition coefficient (Wildman–Crippen LogP) is 1.32. The summed E-state index contributed by atoms with van der Waals surface area (Å²) in [7, 11) is -7.20. The number of sulfone groups is 2. The van der Waals surface area contributed by atoms with Gasteiger partial charge in [0.15, 0.2) is 19.7 Å². The Morgan fingerprint density at radius 3 is 2.26 bits per heavy atom. The summed E-state index contributed by atoms with van der Waals surface area (Å²) >= 11 is 0. The molecule has 0 radical (unpaired) electrons. The number of benzene rings is 1. The molecule has 2 atom stereocenters. The lowest BCUT2D eigenvalue weighted by molar-refractivity contribution is -0.114. The SMILES string of the molecule is CC(=O)Nc1ccc(S(=O)(=O)C2CS(=O)(=O)CC2N2CCC(C)CC2)cc1. The third kappa shape index (κ3) is 4.52. The van der Waals surface area contributed by atoms with Crippen molar-refractivity contribution in [3.8, 4) is 0 Å². The minimum atomic E-state index is -3.80. The topological polar surface area (TPSA) is 101 Å². The maximum atomic E-state index is 13.2. The number of carbonyl (C=O) groups excluding carboxylic acids is 1. The van der Waals surface area contributed by atoms with E-state index in [4.69, 9.17) is 0 Å². The Labute approximate surface area is 161 Å². The summed E-state index contributed by atoms with van der Waals surface area (Å²) in [5.74, 6) is -0.100. The van der Waals surface area contributed by atoms with E-state index < -0.39 is 31.0 Å². The number of carbonyl (C=O) groups is 1. The number of piperidine rings is 1. The van der Waals surface area contributed by atoms with Gasteiger partial charge in [-0.2, -0.15) is 0 Å². The van der Waals surface area contributed by atoms with Crippen LogP contribution in [0.2, 0.25) is 0 Å². The molecule has 1 amide bonds. The highest BCUT2D eigenvalue weighted by molar-refractivity contribution is 7.96. The Morgan fingerprint density at radius 2 is 1.70 bits per heavy atom. The lowest BCUT2D eigenvalue weighted by Gasteiger charge is -2.36. The Kier molecular flexibility index (Phi) is 5.65. The van der Waals surface area contributed by atoms with Crippen LogP contribution < -0.4 is 5.32 Å². The molecule has 2 fully saturated rings. The van der Waals surface area contributed by atoms with E-state index in [0.717, 1.165) is 25.9 Å². The molecule has 0 saturated carbocycles. The maximum absolute atomic E-state index is 13.2. The van der Waals surface area contributed by atoms with E-state index in [1.54, 1.807) is 0 Å². The van der Waals surface area contributed by atoms with Crippen molar-refractivity contribution >= 4 is 31.3 Å². The van der Waals surface area contributed by atoms with Crippen LogP contribution in [0.15, 0.2) is 29.2 Å². The van der Waals surface area contributed by atoms with Crippen LogP contribution in [0.5, 0.6) is 0 Å². The fourth-order valence-electron chi connectivity index (χ4n) is 3.90. The zero-order chi connectivity index (χ0) is 19.8. The Hall–Kier alpha value is -1.45. The van der Waals surface area contributed by atoms with Crippen LogP contribution >= 0.6 is 0 Å². The van der Waals surface area contributed by atoms with Crippen LogP contribution in [0.3, 0.4) is 0 Å². The number of hydrogen-bond donors (Lipinski definition) is 1. The highest BCUT2D eigenvalue weighted by Crippen LogP contribution is 2.31. The second-order valence-electron chi connectivity index (χ2n) is 7.65. The molecule has 0 aliphatic carbocycles. The van der Waals surface area contributed by atoms with E-state index in [1.807, 2.05) is 4.90 Å². The third-order valence-corrected chi connectivity index (χ3v) is 9.60. The molecule has 1 N–H and O–H groups in total. The summed E-state index contributed by atoms with van der Waals surface area (Å²) < 4.78 is 50.9. The van der Waals surface area contributed by atoms with E-state index in [0.29, 0.717) is 11.6 Å². The molecule has 1 aromatic rings. The summed E-state index contributed by atoms with van der Waals surface area (Å²) in [6, 6.07) is 5.41. The molecule has 7 nitrogen and oxygen atoms in total. The van der Waals surface area contributed by atoms with Gasteiger partial charge in [-0.15, -0.1) is 0 Å². The minimum absolute atomic E-state index is 0.0917. The number of rotatable bonds is 4. The van der Waals surface area contributed by atoms with E-state index in [2.05, 4.69) is 12.2 Å². The van der Waals surface area contributed by atoms with Gasteiger partial charge in [-0.25, -0.2) is 16.8 Å². The summed E-state index contributed by atoms with van der Waals surface area (Å²) in [6.45, 7) is 5.00. The largest absolute Gasteiger partial charge is 0.326 e. The molecule has 150 valence electrons. The molecule has 2 unspecified atom stereocenters. The molecule has 2 heterocycles. The number of hydrogen-bond acceptors (Lipinski definition) is 6. The van der Waals surface area contributed by atoms with E-state index in [9.17, 15) is 21.6 Å². The Balaban J connectivity index is 1.87. The number of anilines is 1. The van der Waals surface area contributed by atoms with Crippen LogP contribution in [-0.4, -0.2) is 63.5 Å². The molecule has 3 rings (SSSR count). The molecule has 1 aromatic carbocycles. The monoisotopic (exact) mass is 414 g/mol. The average molecular weight is 415 g/mol. The first-order valence-electron chi connectivity index (χ1n) is 9.14. The Bertz CT molecular complexity index is 902. The van der Waals surface area contributed by atoms with Gasteiger partial charge in [-0.05, 0) is 56.1 Å². The van der Waals surface area contributed by atoms with Crippen molar-refractivity contribution in [3.63, 3.8) is 0 Å². The van der Waals surface area contributed by atoms with Crippen molar-refractivity contribution in [1.29, 1.82) is 0 Å². The standard InChI is InChI=1S/C18H26N2O5S2/c1-13-7-9-20(10-8-13)17-11-26(22,23)12-18(17)27(24,25)16-5-3-15(4-6-16)19-14(2)21/h3-6,13,17-18H,7-12H2,1-2H3,(H,19,21). The normalized spacial score (nSPS) is 26.7. The molecule has 2 aliphatic rings. The zero-order valence-corrected chi connectivity index (χ0v) is 17.2. The number of nitrogens with one attached hydrogen (secondary N) is 1. The van der Waals surface area contributed by atoms with Gasteiger partial charge in [0.05, 0.1) is 21.7 Å². The first kappa shape index (κ1) is 20.3. The zero-order valence-electron chi connectivity index (χ0n) is 15.6. The van der Waals surface area contributed by atoms with Crippen molar-refractivity contribution in [3.05, 3.63) is 24.3 Å². The average Bonchev–Trinajstić information content (AvgIpc) is 2.92. The highest BCUT2D eigenvalue weighted by Gasteiger charge is 2.48. The van der Waals surface area contributed by atoms with Gasteiger partial charge in [-0.3, -0.25) is 9.69 Å². The summed E-state index contributed by atoms with van der Waals surface area (Å²) in [5.41, 5.74) is 0.502. The van der Waals surface area contributed by atoms with Gasteiger partial charge in [-0.1, -0.05) is 6.92 Å². The number of amides is 1. The quantitative estimate of drug-likeness (QED) is 0.797. The van der Waals surface area contributed by atoms with Crippen LogP contribution in [0, 0.1) is 5.92 Å². The molecule has 27 heavy (non-hydrogen) atoms. The molecular weight excluding hydrogens is 388 g/mol. The smallest absolute Gasteiger partial charge is 0.221 e. The van der Waals surface area contributed by atoms with Crippen LogP contribution in [0.1, 0.15) is 26.7 Å². The van der Waals surface area contributed by atoms with Gasteiger partial charge < -0.3 is 5.32 Å². The van der Waals surface area contributed by atoms with E-state index >= 15 is 0 Å². The lowest BCUT2D eigenvalue weighted by Crippen LogP contribution is -2.49. The fourth-order valence-corrected chi connectivity index (χ4v) is 8.73. The van der Waals surface area contributed by atoms with Gasteiger partial charge >= 0.3 is 0 Å². The molecule has 2 aliphatic heterocycles. The molecule has 0 spiro atoms. The molecule has 2 saturated heterocycles. The van der Waals surface area contributed by atoms with Gasteiger partial charge in [0, 0.05) is 18.7 Å². The van der Waals surface area contributed by atoms with Crippen LogP contribution in [-0.2, 0) is 24.5 Å². The third-order valence-electron chi connectivity index (χ3n) is 5.46. The second-order valence-corrected chi connectivity index (χ2v) is 12.0. The Morgan fingerprint density at radius 1 is 1.11 bits per heavy atom. The number of nitrogens with zero attached hydrogens (tertiary/aromatic N) is 1. The summed E-state index contributed by atoms with van der Waals surface area (Å²) in [6.07, 6.45) is 1.91. The molecule has 0 aromatic heterocycles. The number of likely N-dealkylation sites (tertiary alicyclic amines) is 1.